The standard InChI is InChI=1S/C28H40N4O6/c1-18(15-32(24(34)37-26(3,4)5)25(35)38-27(6,7)8)14-20-19(2)28(20,23(33)36-9)21-16-31(17-30-21)22-12-10-11-13-29-22/h10-13,16-20H,14-15H2,1-9H3/t18-,19+,20?,28+/m1/s1. The van der Waals surface area contributed by atoms with Crippen LogP contribution in [0.5, 0.6) is 0 Å². The van der Waals surface area contributed by atoms with Gasteiger partial charge < -0.3 is 14.2 Å². The zero-order valence-electron chi connectivity index (χ0n) is 23.8. The van der Waals surface area contributed by atoms with Crippen LogP contribution in [0.15, 0.2) is 36.9 Å². The van der Waals surface area contributed by atoms with Gasteiger partial charge >= 0.3 is 18.2 Å². The molecule has 1 fully saturated rings. The number of esters is 1. The van der Waals surface area contributed by atoms with Crippen molar-refractivity contribution in [2.24, 2.45) is 17.8 Å². The van der Waals surface area contributed by atoms with Gasteiger partial charge in [0.1, 0.15) is 28.8 Å². The molecule has 0 N–H and O–H groups in total. The van der Waals surface area contributed by atoms with Crippen LogP contribution in [0.3, 0.4) is 0 Å². The normalized spacial score (nSPS) is 21.8. The number of imide groups is 1. The summed E-state index contributed by atoms with van der Waals surface area (Å²) in [5.41, 5.74) is -1.88. The fraction of sp³-hybridized carbons (Fsp3) is 0.607. The Morgan fingerprint density at radius 1 is 1.05 bits per heavy atom. The summed E-state index contributed by atoms with van der Waals surface area (Å²) in [6.45, 7) is 14.4. The van der Waals surface area contributed by atoms with Crippen molar-refractivity contribution in [1.82, 2.24) is 19.4 Å². The first-order valence-electron chi connectivity index (χ1n) is 12.9. The van der Waals surface area contributed by atoms with E-state index in [-0.39, 0.29) is 30.3 Å². The van der Waals surface area contributed by atoms with Crippen molar-refractivity contribution in [3.05, 3.63) is 42.6 Å². The number of carbonyl (C=O) groups is 3. The molecule has 2 heterocycles. The van der Waals surface area contributed by atoms with E-state index in [9.17, 15) is 14.4 Å². The van der Waals surface area contributed by atoms with Gasteiger partial charge in [0.05, 0.1) is 12.8 Å². The molecule has 208 valence electrons. The summed E-state index contributed by atoms with van der Waals surface area (Å²) in [7, 11) is 1.37. The second kappa shape index (κ2) is 10.7. The molecule has 3 rings (SSSR count). The highest BCUT2D eigenvalue weighted by molar-refractivity contribution is 5.88. The number of rotatable bonds is 7. The van der Waals surface area contributed by atoms with Crippen LogP contribution in [-0.2, 0) is 24.4 Å². The van der Waals surface area contributed by atoms with Gasteiger partial charge in [-0.15, -0.1) is 0 Å². The molecular weight excluding hydrogens is 488 g/mol. The molecular formula is C28H40N4O6. The largest absolute Gasteiger partial charge is 0.468 e. The monoisotopic (exact) mass is 528 g/mol. The van der Waals surface area contributed by atoms with Gasteiger partial charge in [0.15, 0.2) is 0 Å². The number of carbonyl (C=O) groups excluding carboxylic acids is 3. The molecule has 1 aliphatic rings. The van der Waals surface area contributed by atoms with E-state index in [0.717, 1.165) is 4.90 Å². The second-order valence-corrected chi connectivity index (χ2v) is 12.0. The molecule has 2 aromatic heterocycles. The maximum absolute atomic E-state index is 13.2. The van der Waals surface area contributed by atoms with Gasteiger partial charge in [-0.05, 0) is 77.8 Å². The third-order valence-electron chi connectivity index (χ3n) is 6.62. The summed E-state index contributed by atoms with van der Waals surface area (Å²) < 4.78 is 18.0. The quantitative estimate of drug-likeness (QED) is 0.358. The predicted molar refractivity (Wildman–Crippen MR) is 141 cm³/mol. The molecule has 0 bridgehead atoms. The average Bonchev–Trinajstić information content (AvgIpc) is 3.15. The summed E-state index contributed by atoms with van der Waals surface area (Å²) in [4.78, 5) is 48.9. The molecule has 1 unspecified atom stereocenters. The predicted octanol–water partition coefficient (Wildman–Crippen LogP) is 5.14. The molecule has 1 saturated carbocycles. The molecule has 2 amide bonds. The molecule has 4 atom stereocenters. The zero-order valence-corrected chi connectivity index (χ0v) is 23.8. The minimum Gasteiger partial charge on any atom is -0.468 e. The second-order valence-electron chi connectivity index (χ2n) is 12.0. The molecule has 2 aromatic rings. The van der Waals surface area contributed by atoms with Crippen molar-refractivity contribution >= 4 is 18.2 Å². The molecule has 0 aliphatic heterocycles. The van der Waals surface area contributed by atoms with Crippen molar-refractivity contribution < 1.29 is 28.6 Å². The van der Waals surface area contributed by atoms with Crippen molar-refractivity contribution in [3.63, 3.8) is 0 Å². The number of ether oxygens (including phenoxy) is 3. The molecule has 10 heteroatoms. The third-order valence-corrected chi connectivity index (χ3v) is 6.62. The SMILES string of the molecule is COC(=O)[C@]1(c2cn(-c3ccccn3)cn2)C(C[C@@H](C)CN(C(=O)OC(C)(C)C)C(=O)OC(C)(C)C)[C@@H]1C. The third kappa shape index (κ3) is 6.34. The lowest BCUT2D eigenvalue weighted by Gasteiger charge is -2.30. The van der Waals surface area contributed by atoms with Crippen LogP contribution in [0.25, 0.3) is 5.82 Å². The Hall–Kier alpha value is -3.43. The van der Waals surface area contributed by atoms with Crippen LogP contribution in [0.1, 0.15) is 67.5 Å². The molecule has 0 saturated heterocycles. The van der Waals surface area contributed by atoms with Crippen molar-refractivity contribution in [3.8, 4) is 5.82 Å². The average molecular weight is 529 g/mol. The summed E-state index contributed by atoms with van der Waals surface area (Å²) in [5.74, 6) is 0.0171. The van der Waals surface area contributed by atoms with E-state index in [1.54, 1.807) is 58.6 Å². The summed E-state index contributed by atoms with van der Waals surface area (Å²) in [6.07, 6.45) is 4.16. The maximum Gasteiger partial charge on any atom is 0.419 e. The highest BCUT2D eigenvalue weighted by Gasteiger charge is 2.70. The Kier molecular flexibility index (Phi) is 8.24. The van der Waals surface area contributed by atoms with Gasteiger partial charge in [0.25, 0.3) is 0 Å². The van der Waals surface area contributed by atoms with Crippen molar-refractivity contribution in [1.29, 1.82) is 0 Å². The van der Waals surface area contributed by atoms with E-state index in [4.69, 9.17) is 14.2 Å². The highest BCUT2D eigenvalue weighted by Crippen LogP contribution is 2.62. The number of amides is 2. The lowest BCUT2D eigenvalue weighted by atomic mass is 9.93. The molecule has 38 heavy (non-hydrogen) atoms. The number of hydrogen-bond acceptors (Lipinski definition) is 8. The Labute approximate surface area is 224 Å². The Morgan fingerprint density at radius 2 is 1.66 bits per heavy atom. The van der Waals surface area contributed by atoms with Gasteiger partial charge in [0, 0.05) is 18.9 Å². The van der Waals surface area contributed by atoms with Gasteiger partial charge in [0.2, 0.25) is 0 Å². The molecule has 0 radical (unpaired) electrons. The van der Waals surface area contributed by atoms with Gasteiger partial charge in [-0.1, -0.05) is 19.9 Å². The number of pyridine rings is 1. The van der Waals surface area contributed by atoms with Gasteiger partial charge in [-0.2, -0.15) is 0 Å². The summed E-state index contributed by atoms with van der Waals surface area (Å²) >= 11 is 0. The number of aromatic nitrogens is 3. The topological polar surface area (TPSA) is 113 Å². The van der Waals surface area contributed by atoms with Crippen LogP contribution >= 0.6 is 0 Å². The minimum absolute atomic E-state index is 0.0546. The van der Waals surface area contributed by atoms with E-state index in [0.29, 0.717) is 17.9 Å². The van der Waals surface area contributed by atoms with Crippen LogP contribution in [-0.4, -0.2) is 62.4 Å². The van der Waals surface area contributed by atoms with E-state index >= 15 is 0 Å². The van der Waals surface area contributed by atoms with Crippen molar-refractivity contribution in [2.75, 3.05) is 13.7 Å². The highest BCUT2D eigenvalue weighted by atomic mass is 16.6. The van der Waals surface area contributed by atoms with Crippen molar-refractivity contribution in [2.45, 2.75) is 78.4 Å². The lowest BCUT2D eigenvalue weighted by Crippen LogP contribution is -2.45. The van der Waals surface area contributed by atoms with E-state index < -0.39 is 28.8 Å². The molecule has 1 aliphatic carbocycles. The zero-order chi connectivity index (χ0) is 28.5. The molecule has 0 aromatic carbocycles. The van der Waals surface area contributed by atoms with E-state index in [1.165, 1.54) is 7.11 Å². The van der Waals surface area contributed by atoms with E-state index in [1.807, 2.05) is 38.2 Å². The Morgan fingerprint density at radius 3 is 2.16 bits per heavy atom. The first kappa shape index (κ1) is 29.1. The van der Waals surface area contributed by atoms with Crippen LogP contribution in [0.4, 0.5) is 9.59 Å². The Bertz CT molecular complexity index is 1120. The van der Waals surface area contributed by atoms with Crippen LogP contribution in [0.2, 0.25) is 0 Å². The summed E-state index contributed by atoms with van der Waals surface area (Å²) in [5, 5.41) is 0. The minimum atomic E-state index is -0.925. The number of imidazole rings is 1. The fourth-order valence-electron chi connectivity index (χ4n) is 4.92. The first-order valence-corrected chi connectivity index (χ1v) is 12.9. The Balaban J connectivity index is 1.82. The number of methoxy groups -OCH3 is 1. The number of nitrogens with zero attached hydrogens (tertiary/aromatic N) is 4. The van der Waals surface area contributed by atoms with Crippen LogP contribution < -0.4 is 0 Å². The smallest absolute Gasteiger partial charge is 0.419 e. The maximum atomic E-state index is 13.2. The van der Waals surface area contributed by atoms with Gasteiger partial charge in [-0.25, -0.2) is 24.5 Å². The van der Waals surface area contributed by atoms with Crippen LogP contribution in [0, 0.1) is 17.8 Å². The number of hydrogen-bond donors (Lipinski definition) is 0. The molecule has 0 spiro atoms. The molecule has 10 nitrogen and oxygen atoms in total. The fourth-order valence-corrected chi connectivity index (χ4v) is 4.92. The first-order chi connectivity index (χ1) is 17.6. The van der Waals surface area contributed by atoms with E-state index in [2.05, 4.69) is 9.97 Å². The van der Waals surface area contributed by atoms with Gasteiger partial charge in [-0.3, -0.25) is 9.36 Å². The summed E-state index contributed by atoms with van der Waals surface area (Å²) in [6, 6.07) is 5.56. The lowest BCUT2D eigenvalue weighted by molar-refractivity contribution is -0.144.